The van der Waals surface area contributed by atoms with Gasteiger partial charge in [-0.05, 0) is 62.9 Å². The molecule has 0 bridgehead atoms. The molecule has 1 saturated heterocycles. The van der Waals surface area contributed by atoms with E-state index in [2.05, 4.69) is 55.2 Å². The molecular weight excluding hydrogens is 246 g/mol. The third-order valence-electron chi connectivity index (χ3n) is 4.37. The Morgan fingerprint density at radius 2 is 2.10 bits per heavy atom. The Morgan fingerprint density at radius 1 is 1.25 bits per heavy atom. The normalized spacial score (nSPS) is 18.6. The number of aryl methyl sites for hydroxylation is 3. The lowest BCUT2D eigenvalue weighted by atomic mass is 10.0. The molecule has 0 saturated carbocycles. The zero-order valence-electron chi connectivity index (χ0n) is 12.6. The number of benzene rings is 1. The van der Waals surface area contributed by atoms with Crippen molar-refractivity contribution in [2.24, 2.45) is 5.92 Å². The van der Waals surface area contributed by atoms with Gasteiger partial charge in [-0.15, -0.1) is 0 Å². The predicted octanol–water partition coefficient (Wildman–Crippen LogP) is 3.08. The average Bonchev–Trinajstić information content (AvgIpc) is 3.03. The van der Waals surface area contributed by atoms with Gasteiger partial charge in [-0.2, -0.15) is 5.10 Å². The molecule has 1 atom stereocenters. The van der Waals surface area contributed by atoms with Crippen LogP contribution >= 0.6 is 0 Å². The van der Waals surface area contributed by atoms with Crippen molar-refractivity contribution in [3.63, 3.8) is 0 Å². The Kier molecular flexibility index (Phi) is 3.62. The van der Waals surface area contributed by atoms with Gasteiger partial charge >= 0.3 is 0 Å². The van der Waals surface area contributed by atoms with Gasteiger partial charge in [0, 0.05) is 18.3 Å². The number of aromatic nitrogens is 2. The van der Waals surface area contributed by atoms with Gasteiger partial charge in [0.1, 0.15) is 0 Å². The molecule has 106 valence electrons. The summed E-state index contributed by atoms with van der Waals surface area (Å²) in [7, 11) is 0. The van der Waals surface area contributed by atoms with Crippen LogP contribution in [0.25, 0.3) is 11.1 Å². The minimum absolute atomic E-state index is 0.724. The largest absolute Gasteiger partial charge is 0.316 e. The Morgan fingerprint density at radius 3 is 2.80 bits per heavy atom. The summed E-state index contributed by atoms with van der Waals surface area (Å²) in [6.45, 7) is 9.73. The molecule has 1 N–H and O–H groups in total. The molecule has 0 radical (unpaired) electrons. The number of hydrogen-bond donors (Lipinski definition) is 1. The monoisotopic (exact) mass is 269 g/mol. The number of nitrogens with zero attached hydrogens (tertiary/aromatic N) is 2. The number of nitrogens with one attached hydrogen (secondary N) is 1. The fourth-order valence-electron chi connectivity index (χ4n) is 2.94. The first kappa shape index (κ1) is 13.4. The average molecular weight is 269 g/mol. The Labute approximate surface area is 121 Å². The van der Waals surface area contributed by atoms with Gasteiger partial charge in [0.15, 0.2) is 0 Å². The zero-order valence-corrected chi connectivity index (χ0v) is 12.6. The minimum atomic E-state index is 0.724. The summed E-state index contributed by atoms with van der Waals surface area (Å²) in [4.78, 5) is 0. The second-order valence-corrected chi connectivity index (χ2v) is 6.01. The van der Waals surface area contributed by atoms with Gasteiger partial charge in [0.2, 0.25) is 0 Å². The van der Waals surface area contributed by atoms with Crippen molar-refractivity contribution in [1.29, 1.82) is 0 Å². The van der Waals surface area contributed by atoms with E-state index in [1.807, 2.05) is 0 Å². The minimum Gasteiger partial charge on any atom is -0.316 e. The predicted molar refractivity (Wildman–Crippen MR) is 82.9 cm³/mol. The second kappa shape index (κ2) is 5.41. The number of hydrogen-bond acceptors (Lipinski definition) is 2. The first-order chi connectivity index (χ1) is 9.63. The molecule has 1 aromatic heterocycles. The summed E-state index contributed by atoms with van der Waals surface area (Å²) >= 11 is 0. The maximum absolute atomic E-state index is 4.69. The lowest BCUT2D eigenvalue weighted by molar-refractivity contribution is 0.448. The van der Waals surface area contributed by atoms with Crippen molar-refractivity contribution >= 4 is 0 Å². The Bertz CT molecular complexity index is 607. The summed E-state index contributed by atoms with van der Waals surface area (Å²) in [6.07, 6.45) is 3.47. The molecule has 1 aromatic carbocycles. The molecule has 1 unspecified atom stereocenters. The van der Waals surface area contributed by atoms with Crippen molar-refractivity contribution in [2.75, 3.05) is 13.1 Å². The summed E-state index contributed by atoms with van der Waals surface area (Å²) in [5.41, 5.74) is 6.35. The van der Waals surface area contributed by atoms with Gasteiger partial charge in [-0.25, -0.2) is 0 Å². The van der Waals surface area contributed by atoms with Crippen molar-refractivity contribution < 1.29 is 0 Å². The highest BCUT2D eigenvalue weighted by atomic mass is 15.3. The van der Waals surface area contributed by atoms with E-state index in [9.17, 15) is 0 Å². The Hall–Kier alpha value is -1.61. The molecule has 0 spiro atoms. The summed E-state index contributed by atoms with van der Waals surface area (Å²) in [5.74, 6) is 0.724. The van der Waals surface area contributed by atoms with Crippen LogP contribution in [-0.2, 0) is 6.54 Å². The second-order valence-electron chi connectivity index (χ2n) is 6.01. The molecule has 3 nitrogen and oxygen atoms in total. The molecule has 2 heterocycles. The number of rotatable bonds is 3. The Balaban J connectivity index is 1.85. The van der Waals surface area contributed by atoms with E-state index in [1.54, 1.807) is 0 Å². The third kappa shape index (κ3) is 2.63. The SMILES string of the molecule is Cc1ccc(-c2cn(CC3CCNC3)nc2C)cc1C. The smallest absolute Gasteiger partial charge is 0.0672 e. The topological polar surface area (TPSA) is 29.9 Å². The van der Waals surface area contributed by atoms with Crippen molar-refractivity contribution in [3.05, 3.63) is 41.2 Å². The van der Waals surface area contributed by atoms with Crippen LogP contribution in [0.15, 0.2) is 24.4 Å². The summed E-state index contributed by atoms with van der Waals surface area (Å²) < 4.78 is 2.12. The molecule has 1 aliphatic heterocycles. The lowest BCUT2D eigenvalue weighted by Gasteiger charge is -2.07. The van der Waals surface area contributed by atoms with Gasteiger partial charge in [0.25, 0.3) is 0 Å². The quantitative estimate of drug-likeness (QED) is 0.928. The van der Waals surface area contributed by atoms with Crippen molar-refractivity contribution in [2.45, 2.75) is 33.7 Å². The first-order valence-corrected chi connectivity index (χ1v) is 7.46. The van der Waals surface area contributed by atoms with Crippen LogP contribution in [0.4, 0.5) is 0 Å². The van der Waals surface area contributed by atoms with Crippen LogP contribution in [0.2, 0.25) is 0 Å². The fourth-order valence-corrected chi connectivity index (χ4v) is 2.94. The van der Waals surface area contributed by atoms with Crippen LogP contribution in [0.1, 0.15) is 23.2 Å². The third-order valence-corrected chi connectivity index (χ3v) is 4.37. The van der Waals surface area contributed by atoms with Crippen LogP contribution < -0.4 is 5.32 Å². The maximum atomic E-state index is 4.69. The van der Waals surface area contributed by atoms with E-state index in [0.29, 0.717) is 0 Å². The molecule has 3 rings (SSSR count). The van der Waals surface area contributed by atoms with Gasteiger partial charge in [-0.1, -0.05) is 18.2 Å². The highest BCUT2D eigenvalue weighted by Crippen LogP contribution is 2.25. The van der Waals surface area contributed by atoms with Crippen molar-refractivity contribution in [1.82, 2.24) is 15.1 Å². The van der Waals surface area contributed by atoms with E-state index in [1.165, 1.54) is 28.7 Å². The molecule has 0 aliphatic carbocycles. The molecule has 3 heteroatoms. The van der Waals surface area contributed by atoms with Crippen LogP contribution in [0, 0.1) is 26.7 Å². The van der Waals surface area contributed by atoms with E-state index >= 15 is 0 Å². The van der Waals surface area contributed by atoms with Gasteiger partial charge < -0.3 is 5.32 Å². The van der Waals surface area contributed by atoms with Crippen LogP contribution in [0.3, 0.4) is 0 Å². The van der Waals surface area contributed by atoms with Crippen molar-refractivity contribution in [3.8, 4) is 11.1 Å². The molecule has 20 heavy (non-hydrogen) atoms. The molecule has 1 fully saturated rings. The highest BCUT2D eigenvalue weighted by molar-refractivity contribution is 5.66. The molecular formula is C17H23N3. The standard InChI is InChI=1S/C17H23N3/c1-12-4-5-16(8-13(12)2)17-11-20(19-14(17)3)10-15-6-7-18-9-15/h4-5,8,11,15,18H,6-7,9-10H2,1-3H3. The molecule has 2 aromatic rings. The first-order valence-electron chi connectivity index (χ1n) is 7.46. The van der Waals surface area contributed by atoms with E-state index in [4.69, 9.17) is 5.10 Å². The lowest BCUT2D eigenvalue weighted by Crippen LogP contribution is -2.14. The summed E-state index contributed by atoms with van der Waals surface area (Å²) in [5, 5.41) is 8.11. The maximum Gasteiger partial charge on any atom is 0.0672 e. The fraction of sp³-hybridized carbons (Fsp3) is 0.471. The van der Waals surface area contributed by atoms with Gasteiger partial charge in [0.05, 0.1) is 5.69 Å². The van der Waals surface area contributed by atoms with E-state index in [-0.39, 0.29) is 0 Å². The summed E-state index contributed by atoms with van der Waals surface area (Å²) in [6, 6.07) is 6.66. The zero-order chi connectivity index (χ0) is 14.1. The highest BCUT2D eigenvalue weighted by Gasteiger charge is 2.16. The van der Waals surface area contributed by atoms with E-state index in [0.717, 1.165) is 31.2 Å². The van der Waals surface area contributed by atoms with Crippen LogP contribution in [0.5, 0.6) is 0 Å². The molecule has 0 amide bonds. The van der Waals surface area contributed by atoms with Crippen LogP contribution in [-0.4, -0.2) is 22.9 Å². The van der Waals surface area contributed by atoms with Gasteiger partial charge in [-0.3, -0.25) is 4.68 Å². The van der Waals surface area contributed by atoms with E-state index < -0.39 is 0 Å². The molecule has 1 aliphatic rings.